The van der Waals surface area contributed by atoms with Crippen LogP contribution in [0.2, 0.25) is 0 Å². The molecule has 25 heavy (non-hydrogen) atoms. The fraction of sp³-hybridized carbons (Fsp3) is 0.211. The van der Waals surface area contributed by atoms with E-state index in [9.17, 15) is 20.0 Å². The Balaban J connectivity index is 1.88. The summed E-state index contributed by atoms with van der Waals surface area (Å²) in [5.41, 5.74) is 1.48. The zero-order valence-electron chi connectivity index (χ0n) is 13.5. The maximum atomic E-state index is 12.9. The number of nitrogens with zero attached hydrogens (tertiary/aromatic N) is 3. The third-order valence-corrected chi connectivity index (χ3v) is 4.32. The van der Waals surface area contributed by atoms with E-state index in [1.165, 1.54) is 6.07 Å². The molecule has 1 atom stereocenters. The van der Waals surface area contributed by atoms with Gasteiger partial charge in [-0.05, 0) is 42.7 Å². The van der Waals surface area contributed by atoms with Gasteiger partial charge in [-0.1, -0.05) is 30.3 Å². The number of hydrogen-bond acceptors (Lipinski definition) is 3. The highest BCUT2D eigenvalue weighted by Gasteiger charge is 2.33. The number of carboxylic acid groups (broad SMARTS) is 1. The van der Waals surface area contributed by atoms with Crippen molar-refractivity contribution in [1.82, 2.24) is 4.90 Å². The molecule has 2 amide bonds. The number of carboxylic acids is 1. The Morgan fingerprint density at radius 3 is 2.60 bits per heavy atom. The summed E-state index contributed by atoms with van der Waals surface area (Å²) in [6.45, 7) is 0.534. The van der Waals surface area contributed by atoms with Gasteiger partial charge in [-0.2, -0.15) is 10.2 Å². The van der Waals surface area contributed by atoms with Gasteiger partial charge in [0, 0.05) is 6.54 Å². The molecule has 1 fully saturated rings. The molecule has 126 valence electrons. The first-order valence-electron chi connectivity index (χ1n) is 8.00. The van der Waals surface area contributed by atoms with E-state index < -0.39 is 12.0 Å². The van der Waals surface area contributed by atoms with Gasteiger partial charge in [0.15, 0.2) is 6.19 Å². The summed E-state index contributed by atoms with van der Waals surface area (Å²) >= 11 is 0. The molecule has 0 spiro atoms. The van der Waals surface area contributed by atoms with Gasteiger partial charge in [0.25, 0.3) is 0 Å². The number of hydrogen-bond donors (Lipinski definition) is 1. The third kappa shape index (κ3) is 3.31. The first kappa shape index (κ1) is 16.5. The number of amides is 2. The third-order valence-electron chi connectivity index (χ3n) is 4.32. The Hall–Kier alpha value is -3.33. The van der Waals surface area contributed by atoms with Gasteiger partial charge < -0.3 is 10.0 Å². The van der Waals surface area contributed by atoms with Crippen molar-refractivity contribution in [3.8, 4) is 6.19 Å². The first-order chi connectivity index (χ1) is 12.1. The second-order valence-electron chi connectivity index (χ2n) is 5.84. The summed E-state index contributed by atoms with van der Waals surface area (Å²) in [6.07, 6.45) is 3.49. The minimum atomic E-state index is -0.999. The quantitative estimate of drug-likeness (QED) is 0.685. The van der Waals surface area contributed by atoms with Crippen LogP contribution < -0.4 is 4.90 Å². The molecule has 0 aliphatic carbocycles. The monoisotopic (exact) mass is 335 g/mol. The number of para-hydroxylation sites is 1. The number of benzene rings is 2. The largest absolute Gasteiger partial charge is 0.478 e. The first-order valence-corrected chi connectivity index (χ1v) is 8.00. The molecule has 1 saturated heterocycles. The molecule has 2 aromatic carbocycles. The van der Waals surface area contributed by atoms with Crippen LogP contribution in [-0.4, -0.2) is 28.6 Å². The van der Waals surface area contributed by atoms with Crippen molar-refractivity contribution in [2.75, 3.05) is 11.4 Å². The lowest BCUT2D eigenvalue weighted by molar-refractivity contribution is 0.0696. The fourth-order valence-corrected chi connectivity index (χ4v) is 3.14. The fourth-order valence-electron chi connectivity index (χ4n) is 3.14. The summed E-state index contributed by atoms with van der Waals surface area (Å²) in [5.74, 6) is -0.999. The highest BCUT2D eigenvalue weighted by Crippen LogP contribution is 2.33. The van der Waals surface area contributed by atoms with E-state index in [0.29, 0.717) is 12.2 Å². The van der Waals surface area contributed by atoms with E-state index in [2.05, 4.69) is 0 Å². The van der Waals surface area contributed by atoms with Crippen molar-refractivity contribution >= 4 is 17.7 Å². The summed E-state index contributed by atoms with van der Waals surface area (Å²) in [4.78, 5) is 26.8. The van der Waals surface area contributed by atoms with Crippen LogP contribution >= 0.6 is 0 Å². The van der Waals surface area contributed by atoms with E-state index in [4.69, 9.17) is 0 Å². The zero-order valence-corrected chi connectivity index (χ0v) is 13.5. The van der Waals surface area contributed by atoms with Crippen LogP contribution in [0.4, 0.5) is 10.5 Å². The Morgan fingerprint density at radius 1 is 1.16 bits per heavy atom. The average Bonchev–Trinajstić information content (AvgIpc) is 3.13. The number of urea groups is 1. The van der Waals surface area contributed by atoms with E-state index >= 15 is 0 Å². The average molecular weight is 335 g/mol. The van der Waals surface area contributed by atoms with Gasteiger partial charge in [-0.3, -0.25) is 0 Å². The topological polar surface area (TPSA) is 84.6 Å². The van der Waals surface area contributed by atoms with Crippen molar-refractivity contribution in [2.45, 2.75) is 18.9 Å². The lowest BCUT2D eigenvalue weighted by atomic mass is 10.0. The molecular formula is C19H17N3O3. The van der Waals surface area contributed by atoms with Crippen LogP contribution in [0.3, 0.4) is 0 Å². The molecule has 2 aromatic rings. The number of rotatable bonds is 3. The van der Waals surface area contributed by atoms with Crippen LogP contribution in [-0.2, 0) is 0 Å². The van der Waals surface area contributed by atoms with Crippen LogP contribution in [0.15, 0.2) is 54.6 Å². The molecule has 6 heteroatoms. The smallest absolute Gasteiger partial charge is 0.338 e. The Labute approximate surface area is 145 Å². The van der Waals surface area contributed by atoms with Crippen molar-refractivity contribution in [1.29, 1.82) is 5.26 Å². The molecule has 1 heterocycles. The summed E-state index contributed by atoms with van der Waals surface area (Å²) < 4.78 is 0. The van der Waals surface area contributed by atoms with Crippen LogP contribution in [0.5, 0.6) is 0 Å². The Bertz CT molecular complexity index is 829. The lowest BCUT2D eigenvalue weighted by Gasteiger charge is -2.28. The molecule has 0 radical (unpaired) electrons. The van der Waals surface area contributed by atoms with E-state index in [0.717, 1.165) is 23.3 Å². The number of aromatic carboxylic acids is 1. The molecule has 1 aliphatic heterocycles. The Kier molecular flexibility index (Phi) is 4.66. The number of carbonyl (C=O) groups is 2. The molecule has 0 bridgehead atoms. The number of anilines is 1. The molecule has 0 aromatic heterocycles. The SMILES string of the molecule is N#CN(C(=O)N1CCCC1c1cccc(C(=O)O)c1)c1ccccc1. The summed E-state index contributed by atoms with van der Waals surface area (Å²) in [5, 5.41) is 18.6. The number of nitriles is 1. The van der Waals surface area contributed by atoms with Gasteiger partial charge >= 0.3 is 12.0 Å². The molecule has 0 saturated carbocycles. The molecule has 6 nitrogen and oxygen atoms in total. The molecule has 1 unspecified atom stereocenters. The highest BCUT2D eigenvalue weighted by molar-refractivity contribution is 5.95. The van der Waals surface area contributed by atoms with E-state index in [-0.39, 0.29) is 11.6 Å². The van der Waals surface area contributed by atoms with Gasteiger partial charge in [0.2, 0.25) is 0 Å². The lowest BCUT2D eigenvalue weighted by Crippen LogP contribution is -2.40. The predicted molar refractivity (Wildman–Crippen MR) is 92.0 cm³/mol. The normalized spacial score (nSPS) is 16.3. The van der Waals surface area contributed by atoms with Gasteiger partial charge in [0.05, 0.1) is 17.3 Å². The van der Waals surface area contributed by atoms with Crippen molar-refractivity contribution < 1.29 is 14.7 Å². The van der Waals surface area contributed by atoms with Gasteiger partial charge in [-0.25, -0.2) is 9.59 Å². The highest BCUT2D eigenvalue weighted by atomic mass is 16.4. The van der Waals surface area contributed by atoms with Crippen LogP contribution in [0, 0.1) is 11.5 Å². The second kappa shape index (κ2) is 7.05. The summed E-state index contributed by atoms with van der Waals surface area (Å²) in [7, 11) is 0. The van der Waals surface area contributed by atoms with Crippen molar-refractivity contribution in [3.05, 3.63) is 65.7 Å². The van der Waals surface area contributed by atoms with E-state index in [1.54, 1.807) is 41.3 Å². The van der Waals surface area contributed by atoms with Crippen LogP contribution in [0.25, 0.3) is 0 Å². The van der Waals surface area contributed by atoms with Crippen LogP contribution in [0.1, 0.15) is 34.8 Å². The van der Waals surface area contributed by atoms with E-state index in [1.807, 2.05) is 18.3 Å². The molecule has 3 rings (SSSR count). The van der Waals surface area contributed by atoms with Gasteiger partial charge in [0.1, 0.15) is 0 Å². The van der Waals surface area contributed by atoms with Crippen molar-refractivity contribution in [2.24, 2.45) is 0 Å². The number of carbonyl (C=O) groups excluding carboxylic acids is 1. The maximum Gasteiger partial charge on any atom is 0.338 e. The molecule has 1 N–H and O–H groups in total. The van der Waals surface area contributed by atoms with Crippen molar-refractivity contribution in [3.63, 3.8) is 0 Å². The number of likely N-dealkylation sites (tertiary alicyclic amines) is 1. The standard InChI is InChI=1S/C19H17N3O3/c20-13-22(16-8-2-1-3-9-16)19(25)21-11-5-10-17(21)14-6-4-7-15(12-14)18(23)24/h1-4,6-9,12,17H,5,10-11H2,(H,23,24). The second-order valence-corrected chi connectivity index (χ2v) is 5.84. The maximum absolute atomic E-state index is 12.9. The molecule has 1 aliphatic rings. The predicted octanol–water partition coefficient (Wildman–Crippen LogP) is 3.63. The van der Waals surface area contributed by atoms with Gasteiger partial charge in [-0.15, -0.1) is 0 Å². The molecular weight excluding hydrogens is 318 g/mol. The Morgan fingerprint density at radius 2 is 1.92 bits per heavy atom. The minimum Gasteiger partial charge on any atom is -0.478 e. The summed E-state index contributed by atoms with van der Waals surface area (Å²) in [6, 6.07) is 14.8. The minimum absolute atomic E-state index is 0.192. The zero-order chi connectivity index (χ0) is 17.8.